The van der Waals surface area contributed by atoms with Gasteiger partial charge in [0.05, 0.1) is 23.7 Å². The van der Waals surface area contributed by atoms with Crippen LogP contribution < -0.4 is 10.6 Å². The van der Waals surface area contributed by atoms with E-state index in [1.165, 1.54) is 0 Å². The third-order valence-corrected chi connectivity index (χ3v) is 11.0. The van der Waals surface area contributed by atoms with Crippen molar-refractivity contribution in [3.63, 3.8) is 0 Å². The molecule has 0 radical (unpaired) electrons. The van der Waals surface area contributed by atoms with Crippen LogP contribution in [0.5, 0.6) is 0 Å². The van der Waals surface area contributed by atoms with Crippen LogP contribution in [0.25, 0.3) is 11.1 Å². The monoisotopic (exact) mass is 674 g/mol. The molecule has 0 saturated carbocycles. The molecule has 2 aliphatic rings. The highest BCUT2D eigenvalue weighted by molar-refractivity contribution is 7.57. The van der Waals surface area contributed by atoms with Crippen molar-refractivity contribution >= 4 is 43.3 Å². The maximum Gasteiger partial charge on any atom is 0.307 e. The van der Waals surface area contributed by atoms with E-state index in [1.807, 2.05) is 31.3 Å². The van der Waals surface area contributed by atoms with E-state index in [4.69, 9.17) is 0 Å². The Hall–Kier alpha value is -5.07. The van der Waals surface area contributed by atoms with Crippen molar-refractivity contribution in [1.29, 1.82) is 0 Å². The first-order valence-corrected chi connectivity index (χ1v) is 17.8. The molecular weight excluding hydrogens is 635 g/mol. The molecule has 4 aromatic carbocycles. The Labute approximate surface area is 287 Å². The van der Waals surface area contributed by atoms with E-state index in [2.05, 4.69) is 83.4 Å². The van der Waals surface area contributed by atoms with Crippen molar-refractivity contribution in [3.8, 4) is 11.1 Å². The Balaban J connectivity index is 1.35. The van der Waals surface area contributed by atoms with E-state index in [0.717, 1.165) is 39.1 Å². The summed E-state index contributed by atoms with van der Waals surface area (Å²) in [6, 6.07) is 33.0. The summed E-state index contributed by atoms with van der Waals surface area (Å²) in [6.45, 7) is 3.38. The Kier molecular flexibility index (Phi) is 9.53. The molecule has 0 aliphatic heterocycles. The van der Waals surface area contributed by atoms with Gasteiger partial charge in [0, 0.05) is 24.3 Å². The van der Waals surface area contributed by atoms with Gasteiger partial charge in [-0.15, -0.1) is 0 Å². The van der Waals surface area contributed by atoms with Gasteiger partial charge in [0.25, 0.3) is 0 Å². The molecule has 2 aliphatic carbocycles. The Morgan fingerprint density at radius 3 is 1.84 bits per heavy atom. The predicted octanol–water partition coefficient (Wildman–Crippen LogP) is 7.24. The molecule has 9 heteroatoms. The number of aliphatic carboxylic acids is 2. The maximum absolute atomic E-state index is 13.8. The van der Waals surface area contributed by atoms with Crippen molar-refractivity contribution in [2.75, 3.05) is 24.3 Å². The smallest absolute Gasteiger partial charge is 0.307 e. The first-order chi connectivity index (χ1) is 23.6. The Morgan fingerprint density at radius 2 is 1.35 bits per heavy atom. The zero-order chi connectivity index (χ0) is 34.9. The van der Waals surface area contributed by atoms with E-state index in [1.54, 1.807) is 19.7 Å². The van der Waals surface area contributed by atoms with E-state index < -0.39 is 46.9 Å². The van der Waals surface area contributed by atoms with Gasteiger partial charge < -0.3 is 20.8 Å². The number of rotatable bonds is 11. The largest absolute Gasteiger partial charge is 0.481 e. The van der Waals surface area contributed by atoms with E-state index >= 15 is 0 Å². The molecular formula is C40H39N2O6P. The molecule has 0 saturated heterocycles. The lowest BCUT2D eigenvalue weighted by molar-refractivity contribution is -0.147. The molecule has 0 fully saturated rings. The fraction of sp³-hybridized carbons (Fsp3) is 0.250. The zero-order valence-electron chi connectivity index (χ0n) is 27.6. The number of carboxylic acid groups (broad SMARTS) is 2. The number of benzene rings is 4. The number of hydrogen-bond acceptors (Lipinski definition) is 5. The van der Waals surface area contributed by atoms with Gasteiger partial charge in [-0.3, -0.25) is 19.2 Å². The number of nitrogens with one attached hydrogen (secondary N) is 2. The van der Waals surface area contributed by atoms with Crippen molar-refractivity contribution in [3.05, 3.63) is 131 Å². The minimum absolute atomic E-state index is 0.00550. The van der Waals surface area contributed by atoms with Gasteiger partial charge in [0.1, 0.15) is 0 Å². The third kappa shape index (κ3) is 6.06. The van der Waals surface area contributed by atoms with Crippen molar-refractivity contribution in [2.45, 2.75) is 25.2 Å². The van der Waals surface area contributed by atoms with Gasteiger partial charge in [-0.2, -0.15) is 0 Å². The van der Waals surface area contributed by atoms with E-state index in [9.17, 15) is 29.4 Å². The van der Waals surface area contributed by atoms with Gasteiger partial charge in [0.15, 0.2) is 5.52 Å². The highest BCUT2D eigenvalue weighted by Gasteiger charge is 2.46. The molecule has 5 unspecified atom stereocenters. The summed E-state index contributed by atoms with van der Waals surface area (Å²) < 4.78 is 0. The molecule has 4 aromatic rings. The van der Waals surface area contributed by atoms with Crippen molar-refractivity contribution < 1.29 is 29.4 Å². The second-order valence-corrected chi connectivity index (χ2v) is 13.8. The number of anilines is 2. The van der Waals surface area contributed by atoms with Crippen LogP contribution in [-0.4, -0.2) is 47.3 Å². The number of fused-ring (bicyclic) bond motifs is 3. The van der Waals surface area contributed by atoms with Crippen LogP contribution in [0.2, 0.25) is 0 Å². The summed E-state index contributed by atoms with van der Waals surface area (Å²) >= 11 is 0. The second-order valence-electron chi connectivity index (χ2n) is 12.8. The number of allylic oxidation sites excluding steroid dienone is 1. The topological polar surface area (TPSA) is 133 Å². The average molecular weight is 675 g/mol. The summed E-state index contributed by atoms with van der Waals surface area (Å²) in [4.78, 5) is 50.5. The lowest BCUT2D eigenvalue weighted by atomic mass is 9.67. The van der Waals surface area contributed by atoms with E-state index in [0.29, 0.717) is 11.3 Å². The number of carbonyl (C=O) groups excluding carboxylic acids is 2. The predicted molar refractivity (Wildman–Crippen MR) is 193 cm³/mol. The van der Waals surface area contributed by atoms with Crippen LogP contribution in [0.1, 0.15) is 42.0 Å². The van der Waals surface area contributed by atoms with Gasteiger partial charge in [-0.25, -0.2) is 0 Å². The van der Waals surface area contributed by atoms with E-state index in [-0.39, 0.29) is 26.9 Å². The van der Waals surface area contributed by atoms with Gasteiger partial charge in [-0.1, -0.05) is 93.0 Å². The zero-order valence-corrected chi connectivity index (χ0v) is 28.6. The van der Waals surface area contributed by atoms with Gasteiger partial charge in [0.2, 0.25) is 5.91 Å². The molecule has 250 valence electrons. The fourth-order valence-corrected chi connectivity index (χ4v) is 8.60. The Bertz CT molecular complexity index is 1910. The summed E-state index contributed by atoms with van der Waals surface area (Å²) in [5.41, 5.74) is 8.01. The molecule has 6 rings (SSSR count). The molecule has 49 heavy (non-hydrogen) atoms. The molecule has 0 aromatic heterocycles. The first kappa shape index (κ1) is 33.8. The highest BCUT2D eigenvalue weighted by atomic mass is 31.1. The van der Waals surface area contributed by atoms with Gasteiger partial charge in [-0.05, 0) is 83.6 Å². The lowest BCUT2D eigenvalue weighted by Gasteiger charge is -2.35. The number of carboxylic acids is 2. The second kappa shape index (κ2) is 13.8. The lowest BCUT2D eigenvalue weighted by Crippen LogP contribution is -2.40. The van der Waals surface area contributed by atoms with Crippen LogP contribution in [-0.2, 0) is 24.6 Å². The van der Waals surface area contributed by atoms with Crippen molar-refractivity contribution in [2.24, 2.45) is 23.7 Å². The quantitative estimate of drug-likeness (QED) is 0.0858. The summed E-state index contributed by atoms with van der Waals surface area (Å²) in [5, 5.41) is 25.8. The van der Waals surface area contributed by atoms with Crippen LogP contribution in [0, 0.1) is 23.7 Å². The normalized spacial score (nSPS) is 19.7. The molecule has 0 spiro atoms. The number of amides is 1. The average Bonchev–Trinajstić information content (AvgIpc) is 3.41. The summed E-state index contributed by atoms with van der Waals surface area (Å²) in [5.74, 6) is -6.20. The molecule has 8 nitrogen and oxygen atoms in total. The minimum atomic E-state index is -1.15. The highest BCUT2D eigenvalue weighted by Crippen LogP contribution is 2.56. The maximum atomic E-state index is 13.8. The molecule has 0 bridgehead atoms. The Morgan fingerprint density at radius 1 is 0.816 bits per heavy atom. The number of carbonyl (C=O) groups is 4. The third-order valence-electron chi connectivity index (χ3n) is 10.1. The van der Waals surface area contributed by atoms with Crippen LogP contribution in [0.4, 0.5) is 11.4 Å². The minimum Gasteiger partial charge on any atom is -0.481 e. The van der Waals surface area contributed by atoms with Crippen LogP contribution in [0.3, 0.4) is 0 Å². The number of hydrogen-bond donors (Lipinski definition) is 4. The summed E-state index contributed by atoms with van der Waals surface area (Å²) in [6.07, 6.45) is 1.36. The van der Waals surface area contributed by atoms with Crippen LogP contribution in [0.15, 0.2) is 109 Å². The fourth-order valence-electron chi connectivity index (χ4n) is 7.92. The van der Waals surface area contributed by atoms with Crippen LogP contribution >= 0.6 is 8.58 Å². The summed E-state index contributed by atoms with van der Waals surface area (Å²) in [7, 11) is 1.78. The van der Waals surface area contributed by atoms with Gasteiger partial charge >= 0.3 is 11.9 Å². The standard InChI is InChI=1S/C40H39N2O6P/c1-23-20-24(31(22-35(43)44)39(48)49-3)21-32(38(46)47)36(23)37(45)42-28-18-14-26(15-19-28)40(25-12-16-27(41-2)17-13-25)33-10-6-4-8-29(33)30-9-5-7-11-34(30)40/h4-20,24,31-32,36,41,49H,21-22H2,1-3H3,(H,42,45)(H,43,44)(H,46,47). The van der Waals surface area contributed by atoms with Crippen molar-refractivity contribution in [1.82, 2.24) is 0 Å². The SMILES string of the molecule is CNc1ccc(C2(c3ccc(NC(=O)C4C(C)=CC(C(CC(=O)O)C(=O)PC)CC4C(=O)O)cc3)c3ccccc3-c3ccccc32)cc1. The first-order valence-electron chi connectivity index (χ1n) is 16.3. The molecule has 5 atom stereocenters. The molecule has 0 heterocycles. The molecule has 4 N–H and O–H groups in total. The molecule has 1 amide bonds.